The Morgan fingerprint density at radius 2 is 2.03 bits per heavy atom. The first-order valence-electron chi connectivity index (χ1n) is 11.8. The molecule has 2 fully saturated rings. The minimum absolute atomic E-state index is 0.251. The third-order valence-corrected chi connectivity index (χ3v) is 9.28. The molecule has 29 heavy (non-hydrogen) atoms. The van der Waals surface area contributed by atoms with Crippen LogP contribution < -0.4 is 0 Å². The summed E-state index contributed by atoms with van der Waals surface area (Å²) in [6, 6.07) is 4.32. The number of rotatable bonds is 3. The lowest BCUT2D eigenvalue weighted by atomic mass is 9.45. The van der Waals surface area contributed by atoms with Gasteiger partial charge in [-0.2, -0.15) is 0 Å². The van der Waals surface area contributed by atoms with Gasteiger partial charge in [0.05, 0.1) is 0 Å². The summed E-state index contributed by atoms with van der Waals surface area (Å²) < 4.78 is 0. The SMILES string of the molecule is CCC[C@H]1C=C2CC(=O)CC[C@]2(C)[C@H]2CC[C@]3(C)C(c4cccnc4)=CC[C@H]3[C@H]12. The fourth-order valence-corrected chi connectivity index (χ4v) is 7.79. The van der Waals surface area contributed by atoms with Gasteiger partial charge in [0.15, 0.2) is 0 Å². The van der Waals surface area contributed by atoms with Crippen molar-refractivity contribution in [3.05, 3.63) is 47.8 Å². The molecule has 5 rings (SSSR count). The molecule has 0 spiro atoms. The van der Waals surface area contributed by atoms with Gasteiger partial charge in [-0.05, 0) is 83.8 Å². The summed E-state index contributed by atoms with van der Waals surface area (Å²) in [5.74, 6) is 3.32. The zero-order valence-electron chi connectivity index (χ0n) is 18.3. The highest BCUT2D eigenvalue weighted by Crippen LogP contribution is 2.67. The lowest BCUT2D eigenvalue weighted by Crippen LogP contribution is -2.52. The number of aromatic nitrogens is 1. The van der Waals surface area contributed by atoms with Gasteiger partial charge in [0.25, 0.3) is 0 Å². The molecule has 2 nitrogen and oxygen atoms in total. The third-order valence-electron chi connectivity index (χ3n) is 9.28. The molecule has 0 aromatic carbocycles. The van der Waals surface area contributed by atoms with E-state index in [9.17, 15) is 4.79 Å². The Morgan fingerprint density at radius 1 is 1.17 bits per heavy atom. The third kappa shape index (κ3) is 2.81. The van der Waals surface area contributed by atoms with E-state index in [0.717, 1.165) is 37.0 Å². The van der Waals surface area contributed by atoms with E-state index in [-0.39, 0.29) is 10.8 Å². The van der Waals surface area contributed by atoms with Crippen LogP contribution in [0, 0.1) is 34.5 Å². The van der Waals surface area contributed by atoms with Crippen LogP contribution in [0.3, 0.4) is 0 Å². The van der Waals surface area contributed by atoms with Gasteiger partial charge in [0, 0.05) is 25.2 Å². The number of nitrogens with zero attached hydrogens (tertiary/aromatic N) is 1. The topological polar surface area (TPSA) is 30.0 Å². The zero-order valence-corrected chi connectivity index (χ0v) is 18.3. The Bertz CT molecular complexity index is 868. The standard InChI is InChI=1S/C27H35NO/c1-4-6-18-15-20-16-21(29)10-12-26(20,2)24-11-13-27(3)22(8-9-23(27)25(18)24)19-7-5-14-28-17-19/h5,7-8,14-15,17-18,23-25H,4,6,9-13,16H2,1-3H3/t18-,23-,24-,25-,26-,27+/m0/s1. The van der Waals surface area contributed by atoms with Crippen molar-refractivity contribution in [3.63, 3.8) is 0 Å². The Hall–Kier alpha value is -1.70. The van der Waals surface area contributed by atoms with Crippen LogP contribution >= 0.6 is 0 Å². The monoisotopic (exact) mass is 389 g/mol. The molecule has 0 radical (unpaired) electrons. The fraction of sp³-hybridized carbons (Fsp3) is 0.630. The van der Waals surface area contributed by atoms with Crippen LogP contribution in [0.1, 0.15) is 77.7 Å². The molecule has 0 amide bonds. The van der Waals surface area contributed by atoms with Crippen molar-refractivity contribution in [2.75, 3.05) is 0 Å². The lowest BCUT2D eigenvalue weighted by molar-refractivity contribution is -0.122. The maximum atomic E-state index is 12.3. The first kappa shape index (κ1) is 19.3. The minimum Gasteiger partial charge on any atom is -0.299 e. The van der Waals surface area contributed by atoms with Crippen molar-refractivity contribution < 1.29 is 4.79 Å². The first-order valence-corrected chi connectivity index (χ1v) is 11.8. The maximum Gasteiger partial charge on any atom is 0.136 e. The van der Waals surface area contributed by atoms with Crippen molar-refractivity contribution in [2.45, 2.75) is 72.1 Å². The highest BCUT2D eigenvalue weighted by Gasteiger charge is 2.58. The van der Waals surface area contributed by atoms with Crippen molar-refractivity contribution in [3.8, 4) is 0 Å². The predicted molar refractivity (Wildman–Crippen MR) is 118 cm³/mol. The average Bonchev–Trinajstić information content (AvgIpc) is 3.07. The zero-order chi connectivity index (χ0) is 20.2. The Labute approximate surface area is 175 Å². The van der Waals surface area contributed by atoms with Gasteiger partial charge < -0.3 is 0 Å². The number of pyridine rings is 1. The molecule has 0 N–H and O–H groups in total. The van der Waals surface area contributed by atoms with Gasteiger partial charge in [0.1, 0.15) is 5.78 Å². The summed E-state index contributed by atoms with van der Waals surface area (Å²) in [5.41, 5.74) is 4.88. The van der Waals surface area contributed by atoms with Crippen LogP contribution in [0.15, 0.2) is 42.3 Å². The van der Waals surface area contributed by atoms with Crippen molar-refractivity contribution in [1.82, 2.24) is 4.98 Å². The van der Waals surface area contributed by atoms with Gasteiger partial charge in [-0.15, -0.1) is 0 Å². The molecule has 0 aliphatic heterocycles. The number of hydrogen-bond donors (Lipinski definition) is 0. The summed E-state index contributed by atoms with van der Waals surface area (Å²) in [6.07, 6.45) is 17.9. The van der Waals surface area contributed by atoms with Gasteiger partial charge in [-0.1, -0.05) is 51.0 Å². The Kier molecular flexibility index (Phi) is 4.60. The van der Waals surface area contributed by atoms with E-state index in [1.165, 1.54) is 43.2 Å². The highest BCUT2D eigenvalue weighted by molar-refractivity contribution is 5.82. The van der Waals surface area contributed by atoms with Gasteiger partial charge in [0.2, 0.25) is 0 Å². The van der Waals surface area contributed by atoms with E-state index < -0.39 is 0 Å². The first-order chi connectivity index (χ1) is 14.0. The van der Waals surface area contributed by atoms with E-state index >= 15 is 0 Å². The molecule has 6 atom stereocenters. The molecule has 1 aromatic rings. The molecule has 2 saturated carbocycles. The van der Waals surface area contributed by atoms with Crippen LogP contribution in [0.5, 0.6) is 0 Å². The Balaban J connectivity index is 1.54. The molecule has 0 unspecified atom stereocenters. The van der Waals surface area contributed by atoms with Gasteiger partial charge >= 0.3 is 0 Å². The molecular formula is C27H35NO. The number of Topliss-reactive ketones (excluding diaryl/α,β-unsaturated/α-hetero) is 1. The molecular weight excluding hydrogens is 354 g/mol. The smallest absolute Gasteiger partial charge is 0.136 e. The fourth-order valence-electron chi connectivity index (χ4n) is 7.79. The second-order valence-electron chi connectivity index (χ2n) is 10.6. The molecule has 2 heteroatoms. The second-order valence-corrected chi connectivity index (χ2v) is 10.6. The predicted octanol–water partition coefficient (Wildman–Crippen LogP) is 6.63. The quantitative estimate of drug-likeness (QED) is 0.543. The maximum absolute atomic E-state index is 12.3. The van der Waals surface area contributed by atoms with Crippen LogP contribution in [-0.4, -0.2) is 10.8 Å². The summed E-state index contributed by atoms with van der Waals surface area (Å²) in [4.78, 5) is 16.7. The van der Waals surface area contributed by atoms with E-state index in [1.54, 1.807) is 5.57 Å². The lowest BCUT2D eigenvalue weighted by Gasteiger charge is -2.59. The van der Waals surface area contributed by atoms with Crippen LogP contribution in [0.4, 0.5) is 0 Å². The summed E-state index contributed by atoms with van der Waals surface area (Å²) in [5, 5.41) is 0. The van der Waals surface area contributed by atoms with E-state index in [2.05, 4.69) is 56.2 Å². The van der Waals surface area contributed by atoms with E-state index in [4.69, 9.17) is 0 Å². The minimum atomic E-state index is 0.251. The molecule has 1 heterocycles. The van der Waals surface area contributed by atoms with Crippen molar-refractivity contribution >= 4 is 11.4 Å². The normalized spacial score (nSPS) is 41.1. The van der Waals surface area contributed by atoms with Crippen molar-refractivity contribution in [2.24, 2.45) is 34.5 Å². The molecule has 154 valence electrons. The number of carbonyl (C=O) groups is 1. The van der Waals surface area contributed by atoms with Crippen LogP contribution in [0.25, 0.3) is 5.57 Å². The number of allylic oxidation sites excluding steroid dienone is 4. The molecule has 1 aromatic heterocycles. The van der Waals surface area contributed by atoms with Crippen molar-refractivity contribution in [1.29, 1.82) is 0 Å². The summed E-state index contributed by atoms with van der Waals surface area (Å²) in [6.45, 7) is 7.36. The number of ketones is 1. The summed E-state index contributed by atoms with van der Waals surface area (Å²) in [7, 11) is 0. The largest absolute Gasteiger partial charge is 0.299 e. The Morgan fingerprint density at radius 3 is 2.79 bits per heavy atom. The molecule has 4 aliphatic rings. The molecule has 0 bridgehead atoms. The van der Waals surface area contributed by atoms with Gasteiger partial charge in [-0.25, -0.2) is 0 Å². The molecule has 0 saturated heterocycles. The number of carbonyl (C=O) groups excluding carboxylic acids is 1. The number of fused-ring (bicyclic) bond motifs is 5. The second kappa shape index (κ2) is 6.93. The van der Waals surface area contributed by atoms with E-state index in [0.29, 0.717) is 11.7 Å². The van der Waals surface area contributed by atoms with Crippen LogP contribution in [-0.2, 0) is 4.79 Å². The number of hydrogen-bond acceptors (Lipinski definition) is 2. The van der Waals surface area contributed by atoms with Crippen LogP contribution in [0.2, 0.25) is 0 Å². The van der Waals surface area contributed by atoms with Gasteiger partial charge in [-0.3, -0.25) is 9.78 Å². The summed E-state index contributed by atoms with van der Waals surface area (Å²) >= 11 is 0. The van der Waals surface area contributed by atoms with E-state index in [1.807, 2.05) is 6.20 Å². The highest BCUT2D eigenvalue weighted by atomic mass is 16.1. The average molecular weight is 390 g/mol. The molecule has 4 aliphatic carbocycles.